The molecule has 3 rings (SSSR count). The molecule has 2 bridgehead atoms. The van der Waals surface area contributed by atoms with E-state index in [2.05, 4.69) is 10.3 Å². The van der Waals surface area contributed by atoms with E-state index in [-0.39, 0.29) is 11.7 Å². The van der Waals surface area contributed by atoms with E-state index < -0.39 is 0 Å². The number of aromatic nitrogens is 1. The second kappa shape index (κ2) is 4.81. The Balaban J connectivity index is 1.76. The molecule has 0 saturated carbocycles. The summed E-state index contributed by atoms with van der Waals surface area (Å²) in [5.74, 6) is 0.424. The molecule has 0 aliphatic carbocycles. The Hall–Kier alpha value is -1.22. The average Bonchev–Trinajstić information content (AvgIpc) is 2.37. The van der Waals surface area contributed by atoms with Crippen LogP contribution >= 0.6 is 0 Å². The van der Waals surface area contributed by atoms with Gasteiger partial charge in [0.05, 0.1) is 0 Å². The van der Waals surface area contributed by atoms with Crippen LogP contribution in [-0.2, 0) is 0 Å². The van der Waals surface area contributed by atoms with E-state index in [1.807, 2.05) is 25.1 Å². The zero-order valence-corrected chi connectivity index (χ0v) is 10.9. The number of nitrogens with one attached hydrogen (secondary N) is 1. The van der Waals surface area contributed by atoms with Crippen LogP contribution in [0.25, 0.3) is 0 Å². The number of ketones is 1. The zero-order valence-electron chi connectivity index (χ0n) is 10.9. The molecule has 0 aromatic carbocycles. The molecule has 1 aromatic rings. The van der Waals surface area contributed by atoms with Crippen LogP contribution in [0.2, 0.25) is 0 Å². The minimum absolute atomic E-state index is 0.177. The lowest BCUT2D eigenvalue weighted by atomic mass is 9.78. The number of aryl methyl sites for hydroxylation is 1. The molecule has 3 heteroatoms. The number of carbonyl (C=O) groups is 1. The topological polar surface area (TPSA) is 42.0 Å². The summed E-state index contributed by atoms with van der Waals surface area (Å²) in [5.41, 5.74) is 1.58. The van der Waals surface area contributed by atoms with Gasteiger partial charge in [-0.05, 0) is 44.7 Å². The van der Waals surface area contributed by atoms with Crippen LogP contribution in [0.5, 0.6) is 0 Å². The molecule has 3 heterocycles. The predicted molar refractivity (Wildman–Crippen MR) is 70.6 cm³/mol. The lowest BCUT2D eigenvalue weighted by Gasteiger charge is -2.39. The van der Waals surface area contributed by atoms with E-state index in [0.717, 1.165) is 18.5 Å². The van der Waals surface area contributed by atoms with Crippen LogP contribution < -0.4 is 5.32 Å². The van der Waals surface area contributed by atoms with Gasteiger partial charge in [0.2, 0.25) is 0 Å². The van der Waals surface area contributed by atoms with Crippen LogP contribution in [0.15, 0.2) is 18.2 Å². The van der Waals surface area contributed by atoms with Gasteiger partial charge in [0.15, 0.2) is 5.78 Å². The minimum Gasteiger partial charge on any atom is -0.311 e. The molecule has 2 aliphatic heterocycles. The van der Waals surface area contributed by atoms with E-state index in [4.69, 9.17) is 0 Å². The molecule has 1 N–H and O–H groups in total. The Labute approximate surface area is 108 Å². The first-order chi connectivity index (χ1) is 8.72. The number of fused-ring (bicyclic) bond motifs is 2. The maximum atomic E-state index is 12.5. The van der Waals surface area contributed by atoms with Gasteiger partial charge in [-0.3, -0.25) is 9.78 Å². The molecule has 0 radical (unpaired) electrons. The SMILES string of the molecule is Cc1cccc(C(=O)C2CC3CCCC(C2)N3)n1. The van der Waals surface area contributed by atoms with Crippen molar-refractivity contribution in [3.05, 3.63) is 29.6 Å². The molecule has 1 aromatic heterocycles. The van der Waals surface area contributed by atoms with E-state index in [1.54, 1.807) is 0 Å². The number of piperidine rings is 2. The molecule has 2 atom stereocenters. The standard InChI is InChI=1S/C15H20N2O/c1-10-4-2-7-14(16-10)15(18)11-8-12-5-3-6-13(9-11)17-12/h2,4,7,11-13,17H,3,5-6,8-9H2,1H3. The molecule has 2 fully saturated rings. The number of rotatable bonds is 2. The van der Waals surface area contributed by atoms with Gasteiger partial charge in [-0.15, -0.1) is 0 Å². The van der Waals surface area contributed by atoms with Crippen LogP contribution in [0, 0.1) is 12.8 Å². The normalized spacial score (nSPS) is 31.1. The highest BCUT2D eigenvalue weighted by atomic mass is 16.1. The number of Topliss-reactive ketones (excluding diaryl/α,β-unsaturated/α-hetero) is 1. The molecule has 3 nitrogen and oxygen atoms in total. The van der Waals surface area contributed by atoms with Crippen LogP contribution in [-0.4, -0.2) is 22.9 Å². The van der Waals surface area contributed by atoms with Gasteiger partial charge in [-0.1, -0.05) is 12.5 Å². The summed E-state index contributed by atoms with van der Waals surface area (Å²) in [6.45, 7) is 1.94. The summed E-state index contributed by atoms with van der Waals surface area (Å²) in [5, 5.41) is 3.63. The van der Waals surface area contributed by atoms with Crippen molar-refractivity contribution in [2.75, 3.05) is 0 Å². The van der Waals surface area contributed by atoms with Crippen LogP contribution in [0.3, 0.4) is 0 Å². The maximum Gasteiger partial charge on any atom is 0.184 e. The highest BCUT2D eigenvalue weighted by molar-refractivity contribution is 5.96. The van der Waals surface area contributed by atoms with Gasteiger partial charge in [0, 0.05) is 23.7 Å². The summed E-state index contributed by atoms with van der Waals surface area (Å²) in [6.07, 6.45) is 5.74. The number of carbonyl (C=O) groups excluding carboxylic acids is 1. The van der Waals surface area contributed by atoms with Crippen molar-refractivity contribution < 1.29 is 4.79 Å². The summed E-state index contributed by atoms with van der Waals surface area (Å²) in [4.78, 5) is 16.9. The number of pyridine rings is 1. The van der Waals surface area contributed by atoms with E-state index in [1.165, 1.54) is 19.3 Å². The van der Waals surface area contributed by atoms with E-state index in [9.17, 15) is 4.79 Å². The van der Waals surface area contributed by atoms with Gasteiger partial charge in [-0.25, -0.2) is 0 Å². The maximum absolute atomic E-state index is 12.5. The van der Waals surface area contributed by atoms with Crippen molar-refractivity contribution in [3.63, 3.8) is 0 Å². The van der Waals surface area contributed by atoms with Gasteiger partial charge < -0.3 is 5.32 Å². The average molecular weight is 244 g/mol. The summed E-state index contributed by atoms with van der Waals surface area (Å²) in [7, 11) is 0. The second-order valence-corrected chi connectivity index (χ2v) is 5.69. The zero-order chi connectivity index (χ0) is 12.5. The Morgan fingerprint density at radius 1 is 1.28 bits per heavy atom. The highest BCUT2D eigenvalue weighted by Crippen LogP contribution is 2.31. The van der Waals surface area contributed by atoms with E-state index in [0.29, 0.717) is 17.8 Å². The first-order valence-corrected chi connectivity index (χ1v) is 6.96. The Morgan fingerprint density at radius 3 is 2.67 bits per heavy atom. The Bertz CT molecular complexity index is 446. The second-order valence-electron chi connectivity index (χ2n) is 5.69. The lowest BCUT2D eigenvalue weighted by Crippen LogP contribution is -2.50. The van der Waals surface area contributed by atoms with Crippen LogP contribution in [0.4, 0.5) is 0 Å². The third-order valence-corrected chi connectivity index (χ3v) is 4.23. The molecular weight excluding hydrogens is 224 g/mol. The van der Waals surface area contributed by atoms with Crippen molar-refractivity contribution in [1.29, 1.82) is 0 Å². The van der Waals surface area contributed by atoms with Crippen molar-refractivity contribution in [1.82, 2.24) is 10.3 Å². The first kappa shape index (κ1) is 11.8. The number of nitrogens with zero attached hydrogens (tertiary/aromatic N) is 1. The molecule has 0 spiro atoms. The molecule has 0 amide bonds. The lowest BCUT2D eigenvalue weighted by molar-refractivity contribution is 0.0819. The fourth-order valence-electron chi connectivity index (χ4n) is 3.37. The number of hydrogen-bond acceptors (Lipinski definition) is 3. The fourth-order valence-corrected chi connectivity index (χ4v) is 3.37. The molecule has 2 unspecified atom stereocenters. The largest absolute Gasteiger partial charge is 0.311 e. The third-order valence-electron chi connectivity index (χ3n) is 4.23. The van der Waals surface area contributed by atoms with E-state index >= 15 is 0 Å². The smallest absolute Gasteiger partial charge is 0.184 e. The quantitative estimate of drug-likeness (QED) is 0.813. The summed E-state index contributed by atoms with van der Waals surface area (Å²) < 4.78 is 0. The molecule has 18 heavy (non-hydrogen) atoms. The fraction of sp³-hybridized carbons (Fsp3) is 0.600. The van der Waals surface area contributed by atoms with Crippen molar-refractivity contribution in [2.24, 2.45) is 5.92 Å². The van der Waals surface area contributed by atoms with Gasteiger partial charge >= 0.3 is 0 Å². The Kier molecular flexibility index (Phi) is 3.16. The van der Waals surface area contributed by atoms with Gasteiger partial charge in [0.1, 0.15) is 5.69 Å². The Morgan fingerprint density at radius 2 is 2.00 bits per heavy atom. The van der Waals surface area contributed by atoms with Crippen LogP contribution in [0.1, 0.15) is 48.3 Å². The first-order valence-electron chi connectivity index (χ1n) is 6.96. The molecule has 2 aliphatic rings. The van der Waals surface area contributed by atoms with Gasteiger partial charge in [0.25, 0.3) is 0 Å². The third kappa shape index (κ3) is 2.32. The monoisotopic (exact) mass is 244 g/mol. The van der Waals surface area contributed by atoms with Gasteiger partial charge in [-0.2, -0.15) is 0 Å². The molecule has 96 valence electrons. The van der Waals surface area contributed by atoms with Crippen molar-refractivity contribution >= 4 is 5.78 Å². The molecule has 2 saturated heterocycles. The number of hydrogen-bond donors (Lipinski definition) is 1. The molecular formula is C15H20N2O. The van der Waals surface area contributed by atoms with Crippen molar-refractivity contribution in [3.8, 4) is 0 Å². The predicted octanol–water partition coefficient (Wildman–Crippen LogP) is 2.49. The van der Waals surface area contributed by atoms with Crippen molar-refractivity contribution in [2.45, 2.75) is 51.1 Å². The summed E-state index contributed by atoms with van der Waals surface area (Å²) in [6, 6.07) is 6.82. The highest BCUT2D eigenvalue weighted by Gasteiger charge is 2.35. The summed E-state index contributed by atoms with van der Waals surface area (Å²) >= 11 is 0. The minimum atomic E-state index is 0.177.